The maximum Gasteiger partial charge on any atom is 0.181 e. The van der Waals surface area contributed by atoms with E-state index in [0.29, 0.717) is 4.75 Å². The molecule has 0 radical (unpaired) electrons. The minimum absolute atomic E-state index is 0.329. The second-order valence-corrected chi connectivity index (χ2v) is 7.59. The second-order valence-electron chi connectivity index (χ2n) is 4.59. The highest BCUT2D eigenvalue weighted by Gasteiger charge is 2.11. The van der Waals surface area contributed by atoms with Crippen molar-refractivity contribution in [3.8, 4) is 0 Å². The van der Waals surface area contributed by atoms with Crippen molar-refractivity contribution in [2.75, 3.05) is 11.5 Å². The summed E-state index contributed by atoms with van der Waals surface area (Å²) in [6.07, 6.45) is 3.23. The van der Waals surface area contributed by atoms with Crippen LogP contribution in [-0.2, 0) is 0 Å². The lowest BCUT2D eigenvalue weighted by Crippen LogP contribution is -2.08. The van der Waals surface area contributed by atoms with Gasteiger partial charge in [-0.2, -0.15) is 11.8 Å². The van der Waals surface area contributed by atoms with Gasteiger partial charge in [-0.3, -0.25) is 0 Å². The molecule has 0 fully saturated rings. The fraction of sp³-hybridized carbons (Fsp3) is 0.545. The Morgan fingerprint density at radius 2 is 2.00 bits per heavy atom. The Hall–Kier alpha value is -0.750. The Labute approximate surface area is 109 Å². The third-order valence-corrected chi connectivity index (χ3v) is 4.57. The van der Waals surface area contributed by atoms with Crippen LogP contribution in [0.4, 0.5) is 0 Å². The molecule has 0 aliphatic carbocycles. The van der Waals surface area contributed by atoms with E-state index in [-0.39, 0.29) is 0 Å². The summed E-state index contributed by atoms with van der Waals surface area (Å²) in [6, 6.07) is 0. The minimum Gasteiger partial charge on any atom is -0.341 e. The fourth-order valence-corrected chi connectivity index (χ4v) is 3.23. The topological polar surface area (TPSA) is 54.5 Å². The molecule has 4 nitrogen and oxygen atoms in total. The Kier molecular flexibility index (Phi) is 3.93. The third-order valence-electron chi connectivity index (χ3n) is 2.05. The van der Waals surface area contributed by atoms with Crippen molar-refractivity contribution in [1.29, 1.82) is 0 Å². The van der Waals surface area contributed by atoms with Crippen LogP contribution < -0.4 is 0 Å². The van der Waals surface area contributed by atoms with E-state index in [1.807, 2.05) is 11.8 Å². The summed E-state index contributed by atoms with van der Waals surface area (Å²) < 4.78 is 0.329. The molecule has 6 heteroatoms. The lowest BCUT2D eigenvalue weighted by atomic mass is 10.3. The van der Waals surface area contributed by atoms with Gasteiger partial charge in [0.2, 0.25) is 0 Å². The van der Waals surface area contributed by atoms with Crippen LogP contribution in [0, 0.1) is 0 Å². The Bertz CT molecular complexity index is 489. The third kappa shape index (κ3) is 3.61. The van der Waals surface area contributed by atoms with E-state index in [4.69, 9.17) is 0 Å². The number of rotatable bonds is 4. The van der Waals surface area contributed by atoms with Crippen molar-refractivity contribution in [3.63, 3.8) is 0 Å². The predicted molar refractivity (Wildman–Crippen MR) is 74.6 cm³/mol. The van der Waals surface area contributed by atoms with Gasteiger partial charge >= 0.3 is 0 Å². The molecule has 0 unspecified atom stereocenters. The van der Waals surface area contributed by atoms with E-state index < -0.39 is 0 Å². The summed E-state index contributed by atoms with van der Waals surface area (Å²) in [5, 5.41) is 0.988. The van der Waals surface area contributed by atoms with Crippen molar-refractivity contribution < 1.29 is 0 Å². The second kappa shape index (κ2) is 5.27. The number of nitrogens with one attached hydrogen (secondary N) is 1. The molecular weight excluding hydrogens is 252 g/mol. The van der Waals surface area contributed by atoms with E-state index in [1.54, 1.807) is 24.4 Å². The van der Waals surface area contributed by atoms with Crippen LogP contribution in [0.1, 0.15) is 20.8 Å². The number of aromatic amines is 1. The number of imidazole rings is 1. The molecule has 0 aliphatic rings. The number of hydrogen-bond donors (Lipinski definition) is 1. The number of hydrogen-bond acceptors (Lipinski definition) is 5. The molecule has 0 aromatic carbocycles. The summed E-state index contributed by atoms with van der Waals surface area (Å²) in [5.41, 5.74) is 1.68. The average Bonchev–Trinajstić information content (AvgIpc) is 2.71. The monoisotopic (exact) mass is 268 g/mol. The van der Waals surface area contributed by atoms with Gasteiger partial charge < -0.3 is 4.98 Å². The highest BCUT2D eigenvalue weighted by Crippen LogP contribution is 2.27. The molecule has 2 rings (SSSR count). The van der Waals surface area contributed by atoms with E-state index in [9.17, 15) is 0 Å². The minimum atomic E-state index is 0.329. The number of thioether (sulfide) groups is 2. The quantitative estimate of drug-likeness (QED) is 0.525. The van der Waals surface area contributed by atoms with Crippen LogP contribution in [0.5, 0.6) is 0 Å². The summed E-state index contributed by atoms with van der Waals surface area (Å²) in [7, 11) is 0. The highest BCUT2D eigenvalue weighted by molar-refractivity contribution is 8.03. The van der Waals surface area contributed by atoms with Crippen molar-refractivity contribution in [2.45, 2.75) is 30.5 Å². The molecule has 2 aromatic rings. The highest BCUT2D eigenvalue weighted by atomic mass is 32.2. The smallest absolute Gasteiger partial charge is 0.181 e. The zero-order valence-electron chi connectivity index (χ0n) is 10.2. The van der Waals surface area contributed by atoms with Gasteiger partial charge in [-0.1, -0.05) is 20.8 Å². The number of aromatic nitrogens is 4. The number of H-pyrrole nitrogens is 1. The van der Waals surface area contributed by atoms with Gasteiger partial charge in [0.1, 0.15) is 16.9 Å². The molecular formula is C11H16N4S2. The first-order valence-corrected chi connectivity index (χ1v) is 7.44. The van der Waals surface area contributed by atoms with Crippen LogP contribution in [0.2, 0.25) is 0 Å². The van der Waals surface area contributed by atoms with Crippen molar-refractivity contribution in [2.24, 2.45) is 0 Å². The molecule has 0 amide bonds. The molecule has 0 atom stereocenters. The molecule has 0 bridgehead atoms. The molecule has 0 saturated carbocycles. The lowest BCUT2D eigenvalue weighted by Gasteiger charge is -2.16. The van der Waals surface area contributed by atoms with E-state index in [2.05, 4.69) is 40.7 Å². The van der Waals surface area contributed by atoms with Crippen LogP contribution in [0.25, 0.3) is 11.2 Å². The maximum atomic E-state index is 4.28. The number of fused-ring (bicyclic) bond motifs is 1. The van der Waals surface area contributed by atoms with Crippen LogP contribution >= 0.6 is 23.5 Å². The molecule has 0 saturated heterocycles. The Balaban J connectivity index is 1.93. The Morgan fingerprint density at radius 3 is 2.76 bits per heavy atom. The molecule has 1 N–H and O–H groups in total. The normalized spacial score (nSPS) is 12.2. The van der Waals surface area contributed by atoms with E-state index >= 15 is 0 Å². The first-order valence-electron chi connectivity index (χ1n) is 5.47. The fourth-order valence-electron chi connectivity index (χ4n) is 1.34. The Morgan fingerprint density at radius 1 is 1.18 bits per heavy atom. The SMILES string of the molecule is CC(C)(C)SCCSc1ncnc2nc[nH]c12. The van der Waals surface area contributed by atoms with Gasteiger partial charge in [-0.05, 0) is 0 Å². The van der Waals surface area contributed by atoms with Crippen LogP contribution in [0.3, 0.4) is 0 Å². The van der Waals surface area contributed by atoms with Crippen molar-refractivity contribution in [3.05, 3.63) is 12.7 Å². The van der Waals surface area contributed by atoms with E-state index in [1.165, 1.54) is 0 Å². The van der Waals surface area contributed by atoms with Gasteiger partial charge in [-0.15, -0.1) is 11.8 Å². The van der Waals surface area contributed by atoms with Crippen molar-refractivity contribution in [1.82, 2.24) is 19.9 Å². The molecule has 17 heavy (non-hydrogen) atoms. The van der Waals surface area contributed by atoms with Gasteiger partial charge in [0, 0.05) is 16.3 Å². The van der Waals surface area contributed by atoms with Gasteiger partial charge in [-0.25, -0.2) is 15.0 Å². The van der Waals surface area contributed by atoms with Gasteiger partial charge in [0.15, 0.2) is 5.65 Å². The first kappa shape index (κ1) is 12.7. The molecule has 2 aromatic heterocycles. The van der Waals surface area contributed by atoms with Gasteiger partial charge in [0.05, 0.1) is 6.33 Å². The molecule has 0 aliphatic heterocycles. The van der Waals surface area contributed by atoms with Gasteiger partial charge in [0.25, 0.3) is 0 Å². The molecule has 2 heterocycles. The summed E-state index contributed by atoms with van der Waals surface area (Å²) >= 11 is 3.72. The summed E-state index contributed by atoms with van der Waals surface area (Å²) in [6.45, 7) is 6.71. The number of nitrogens with zero attached hydrogens (tertiary/aromatic N) is 3. The largest absolute Gasteiger partial charge is 0.341 e. The first-order chi connectivity index (χ1) is 8.06. The van der Waals surface area contributed by atoms with E-state index in [0.717, 1.165) is 27.7 Å². The average molecular weight is 268 g/mol. The maximum absolute atomic E-state index is 4.28. The lowest BCUT2D eigenvalue weighted by molar-refractivity contribution is 0.804. The molecule has 0 spiro atoms. The predicted octanol–water partition coefficient (Wildman–Crippen LogP) is 2.98. The molecule has 92 valence electrons. The zero-order chi connectivity index (χ0) is 12.3. The van der Waals surface area contributed by atoms with Crippen LogP contribution in [-0.4, -0.2) is 36.2 Å². The van der Waals surface area contributed by atoms with Crippen LogP contribution in [0.15, 0.2) is 17.7 Å². The zero-order valence-corrected chi connectivity index (χ0v) is 11.9. The standard InChI is InChI=1S/C11H16N4S2/c1-11(2,3)17-5-4-16-10-8-9(13-6-12-8)14-7-15-10/h6-7H,4-5H2,1-3H3,(H,12,13,14,15). The summed E-state index contributed by atoms with van der Waals surface area (Å²) in [5.74, 6) is 2.17. The summed E-state index contributed by atoms with van der Waals surface area (Å²) in [4.78, 5) is 15.6. The van der Waals surface area contributed by atoms with Crippen molar-refractivity contribution >= 4 is 34.7 Å².